The Morgan fingerprint density at radius 3 is 2.93 bits per heavy atom. The van der Waals surface area contributed by atoms with Crippen LogP contribution in [0, 0.1) is 5.92 Å². The van der Waals surface area contributed by atoms with Crippen molar-refractivity contribution in [2.75, 3.05) is 18.5 Å². The Kier molecular flexibility index (Phi) is 4.97. The van der Waals surface area contributed by atoms with E-state index in [4.69, 9.17) is 14.5 Å². The minimum absolute atomic E-state index is 0.000187. The van der Waals surface area contributed by atoms with Crippen LogP contribution in [0.5, 0.6) is 5.88 Å². The standard InChI is InChI=1S/C17H24N7O2P/c1-10(12-4-5-25-9-12)24-17-13(7-19-24)18-8-15(21-17)20-14-6-16(23(3)22-14)26-11(2)27/h6-8,10-12H,4-5,9,27H2,1-3H3,(H,20,21,22)/t10-,11?,12-/m1/s1. The van der Waals surface area contributed by atoms with Crippen LogP contribution in [0.1, 0.15) is 26.3 Å². The fourth-order valence-corrected chi connectivity index (χ4v) is 3.39. The minimum Gasteiger partial charge on any atom is -0.471 e. The molecule has 4 rings (SSSR count). The number of ether oxygens (including phenoxy) is 2. The number of fused-ring (bicyclic) bond motifs is 1. The van der Waals surface area contributed by atoms with E-state index < -0.39 is 0 Å². The molecule has 1 N–H and O–H groups in total. The van der Waals surface area contributed by atoms with Crippen molar-refractivity contribution in [2.24, 2.45) is 13.0 Å². The fourth-order valence-electron chi connectivity index (χ4n) is 3.25. The smallest absolute Gasteiger partial charge is 0.214 e. The van der Waals surface area contributed by atoms with Gasteiger partial charge in [-0.1, -0.05) is 9.24 Å². The third-order valence-electron chi connectivity index (χ3n) is 4.74. The number of aryl methyl sites for hydroxylation is 1. The molecular formula is C17H24N7O2P. The highest BCUT2D eigenvalue weighted by molar-refractivity contribution is 7.17. The molecule has 0 aromatic carbocycles. The van der Waals surface area contributed by atoms with Crippen molar-refractivity contribution in [1.29, 1.82) is 0 Å². The van der Waals surface area contributed by atoms with Gasteiger partial charge in [-0.25, -0.2) is 19.3 Å². The van der Waals surface area contributed by atoms with Gasteiger partial charge >= 0.3 is 0 Å². The third-order valence-corrected chi connectivity index (χ3v) is 4.87. The normalized spacial score (nSPS) is 19.3. The first kappa shape index (κ1) is 18.1. The van der Waals surface area contributed by atoms with Crippen LogP contribution in [0.4, 0.5) is 11.6 Å². The van der Waals surface area contributed by atoms with Crippen molar-refractivity contribution >= 4 is 32.0 Å². The largest absolute Gasteiger partial charge is 0.471 e. The number of nitrogens with one attached hydrogen (secondary N) is 1. The molecule has 0 bridgehead atoms. The summed E-state index contributed by atoms with van der Waals surface area (Å²) in [4.78, 5) is 9.19. The number of anilines is 2. The molecule has 3 aromatic heterocycles. The van der Waals surface area contributed by atoms with E-state index in [2.05, 4.69) is 36.7 Å². The SMILES string of the molecule is CC(P)Oc1cc(Nc2cnc3cnn([C@H](C)[C@@H]4CCOC4)c3n2)nn1C. The van der Waals surface area contributed by atoms with Crippen LogP contribution in [0.15, 0.2) is 18.5 Å². The maximum atomic E-state index is 5.69. The van der Waals surface area contributed by atoms with Crippen molar-refractivity contribution in [1.82, 2.24) is 29.5 Å². The molecule has 0 aliphatic carbocycles. The summed E-state index contributed by atoms with van der Waals surface area (Å²) in [5.41, 5.74) is 1.53. The molecule has 27 heavy (non-hydrogen) atoms. The number of hydrogen-bond donors (Lipinski definition) is 1. The summed E-state index contributed by atoms with van der Waals surface area (Å²) in [6, 6.07) is 2.04. The molecule has 4 heterocycles. The van der Waals surface area contributed by atoms with E-state index in [9.17, 15) is 0 Å². The quantitative estimate of drug-likeness (QED) is 0.648. The van der Waals surface area contributed by atoms with Crippen LogP contribution in [-0.4, -0.2) is 48.6 Å². The Hall–Kier alpha value is -2.25. The molecule has 2 unspecified atom stereocenters. The van der Waals surface area contributed by atoms with Gasteiger partial charge < -0.3 is 14.8 Å². The van der Waals surface area contributed by atoms with E-state index >= 15 is 0 Å². The Labute approximate surface area is 159 Å². The first-order chi connectivity index (χ1) is 13.0. The molecular weight excluding hydrogens is 365 g/mol. The lowest BCUT2D eigenvalue weighted by atomic mass is 10.0. The third kappa shape index (κ3) is 3.75. The van der Waals surface area contributed by atoms with Gasteiger partial charge in [0, 0.05) is 25.6 Å². The summed E-state index contributed by atoms with van der Waals surface area (Å²) in [6.45, 7) is 5.67. The molecule has 4 atom stereocenters. The predicted octanol–water partition coefficient (Wildman–Crippen LogP) is 2.50. The Morgan fingerprint density at radius 2 is 2.19 bits per heavy atom. The molecule has 1 saturated heterocycles. The summed E-state index contributed by atoms with van der Waals surface area (Å²) in [6.07, 6.45) is 4.48. The molecule has 1 aliphatic heterocycles. The van der Waals surface area contributed by atoms with E-state index in [1.807, 2.05) is 24.7 Å². The highest BCUT2D eigenvalue weighted by Gasteiger charge is 2.26. The molecule has 9 nitrogen and oxygen atoms in total. The molecule has 1 aliphatic rings. The first-order valence-electron chi connectivity index (χ1n) is 9.02. The highest BCUT2D eigenvalue weighted by Crippen LogP contribution is 2.28. The van der Waals surface area contributed by atoms with Crippen molar-refractivity contribution in [2.45, 2.75) is 32.2 Å². The van der Waals surface area contributed by atoms with Crippen LogP contribution in [0.25, 0.3) is 11.2 Å². The van der Waals surface area contributed by atoms with Gasteiger partial charge in [-0.15, -0.1) is 0 Å². The van der Waals surface area contributed by atoms with Crippen molar-refractivity contribution in [3.63, 3.8) is 0 Å². The van der Waals surface area contributed by atoms with Gasteiger partial charge in [-0.2, -0.15) is 10.2 Å². The second-order valence-electron chi connectivity index (χ2n) is 6.86. The van der Waals surface area contributed by atoms with Gasteiger partial charge in [0.15, 0.2) is 17.3 Å². The molecule has 0 saturated carbocycles. The summed E-state index contributed by atoms with van der Waals surface area (Å²) >= 11 is 0. The molecule has 144 valence electrons. The molecule has 3 aromatic rings. The van der Waals surface area contributed by atoms with E-state index in [1.54, 1.807) is 17.1 Å². The van der Waals surface area contributed by atoms with Gasteiger partial charge in [0.2, 0.25) is 5.88 Å². The van der Waals surface area contributed by atoms with Gasteiger partial charge in [-0.05, 0) is 20.3 Å². The fraction of sp³-hybridized carbons (Fsp3) is 0.529. The Balaban J connectivity index is 1.59. The van der Waals surface area contributed by atoms with E-state index in [0.717, 1.165) is 30.8 Å². The lowest BCUT2D eigenvalue weighted by Gasteiger charge is -2.18. The number of nitrogens with zero attached hydrogens (tertiary/aromatic N) is 6. The lowest BCUT2D eigenvalue weighted by Crippen LogP contribution is -2.18. The van der Waals surface area contributed by atoms with Gasteiger partial charge in [0.1, 0.15) is 11.4 Å². The summed E-state index contributed by atoms with van der Waals surface area (Å²) in [5.74, 6) is 2.38. The van der Waals surface area contributed by atoms with Crippen LogP contribution in [-0.2, 0) is 11.8 Å². The zero-order valence-corrected chi connectivity index (χ0v) is 16.8. The Bertz CT molecular complexity index is 933. The molecule has 0 amide bonds. The first-order valence-corrected chi connectivity index (χ1v) is 9.69. The second-order valence-corrected chi connectivity index (χ2v) is 7.80. The summed E-state index contributed by atoms with van der Waals surface area (Å²) < 4.78 is 14.8. The summed E-state index contributed by atoms with van der Waals surface area (Å²) in [5, 5.41) is 12.1. The van der Waals surface area contributed by atoms with Crippen LogP contribution >= 0.6 is 9.24 Å². The van der Waals surface area contributed by atoms with E-state index in [1.165, 1.54) is 0 Å². The average Bonchev–Trinajstić information content (AvgIpc) is 3.35. The number of hydrogen-bond acceptors (Lipinski definition) is 7. The molecule has 1 fully saturated rings. The predicted molar refractivity (Wildman–Crippen MR) is 105 cm³/mol. The topological polar surface area (TPSA) is 91.9 Å². The number of aromatic nitrogens is 6. The van der Waals surface area contributed by atoms with Crippen LogP contribution < -0.4 is 10.1 Å². The lowest BCUT2D eigenvalue weighted by molar-refractivity contribution is 0.173. The van der Waals surface area contributed by atoms with Crippen molar-refractivity contribution in [3.05, 3.63) is 18.5 Å². The van der Waals surface area contributed by atoms with E-state index in [-0.39, 0.29) is 11.9 Å². The molecule has 10 heteroatoms. The van der Waals surface area contributed by atoms with Gasteiger partial charge in [0.05, 0.1) is 25.0 Å². The maximum absolute atomic E-state index is 5.69. The zero-order chi connectivity index (χ0) is 19.0. The van der Waals surface area contributed by atoms with Gasteiger partial charge in [0.25, 0.3) is 0 Å². The molecule has 0 radical (unpaired) electrons. The Morgan fingerprint density at radius 1 is 1.33 bits per heavy atom. The van der Waals surface area contributed by atoms with E-state index in [0.29, 0.717) is 23.4 Å². The monoisotopic (exact) mass is 389 g/mol. The average molecular weight is 389 g/mol. The molecule has 0 spiro atoms. The van der Waals surface area contributed by atoms with Crippen LogP contribution in [0.2, 0.25) is 0 Å². The van der Waals surface area contributed by atoms with Crippen molar-refractivity contribution < 1.29 is 9.47 Å². The second kappa shape index (κ2) is 7.40. The van der Waals surface area contributed by atoms with Gasteiger partial charge in [-0.3, -0.25) is 0 Å². The zero-order valence-electron chi connectivity index (χ0n) is 15.7. The van der Waals surface area contributed by atoms with Crippen molar-refractivity contribution in [3.8, 4) is 5.88 Å². The minimum atomic E-state index is -0.000187. The highest BCUT2D eigenvalue weighted by atomic mass is 31.0. The summed E-state index contributed by atoms with van der Waals surface area (Å²) in [7, 11) is 4.44. The maximum Gasteiger partial charge on any atom is 0.214 e. The number of rotatable bonds is 6. The van der Waals surface area contributed by atoms with Crippen LogP contribution in [0.3, 0.4) is 0 Å².